The smallest absolute Gasteiger partial charge is 0.251 e. The Labute approximate surface area is 203 Å². The molecule has 2 aromatic heterocycles. The van der Waals surface area contributed by atoms with Crippen molar-refractivity contribution in [1.82, 2.24) is 14.8 Å². The van der Waals surface area contributed by atoms with Gasteiger partial charge in [-0.3, -0.25) is 9.59 Å². The molecule has 0 spiro atoms. The molecule has 0 aliphatic heterocycles. The van der Waals surface area contributed by atoms with Gasteiger partial charge in [-0.25, -0.2) is 0 Å². The number of rotatable bonds is 7. The Morgan fingerprint density at radius 1 is 1.31 bits per heavy atom. The van der Waals surface area contributed by atoms with Crippen molar-refractivity contribution in [3.05, 3.63) is 44.7 Å². The minimum absolute atomic E-state index is 0.162. The van der Waals surface area contributed by atoms with Crippen molar-refractivity contribution < 1.29 is 9.59 Å². The Kier molecular flexibility index (Phi) is 7.02. The van der Waals surface area contributed by atoms with Crippen molar-refractivity contribution in [1.29, 1.82) is 0 Å². The van der Waals surface area contributed by atoms with E-state index in [4.69, 9.17) is 5.73 Å². The molecule has 1 atom stereocenters. The van der Waals surface area contributed by atoms with Crippen LogP contribution in [0.5, 0.6) is 0 Å². The highest BCUT2D eigenvalue weighted by molar-refractivity contribution is 9.10. The summed E-state index contributed by atoms with van der Waals surface area (Å²) in [6.07, 6.45) is 2.78. The summed E-state index contributed by atoms with van der Waals surface area (Å²) < 4.78 is 2.98. The molecule has 3 N–H and O–H groups in total. The maximum Gasteiger partial charge on any atom is 0.251 e. The number of carbonyl (C=O) groups excluding carboxylic acids is 2. The number of carbonyl (C=O) groups is 2. The van der Waals surface area contributed by atoms with Crippen molar-refractivity contribution >= 4 is 55.8 Å². The van der Waals surface area contributed by atoms with Gasteiger partial charge in [-0.2, -0.15) is 0 Å². The predicted octanol–water partition coefficient (Wildman–Crippen LogP) is 4.74. The zero-order chi connectivity index (χ0) is 22.8. The Morgan fingerprint density at radius 2 is 2.06 bits per heavy atom. The Morgan fingerprint density at radius 3 is 2.75 bits per heavy atom. The highest BCUT2D eigenvalue weighted by Crippen LogP contribution is 2.39. The average molecular weight is 535 g/mol. The average Bonchev–Trinajstić information content (AvgIpc) is 3.32. The van der Waals surface area contributed by atoms with Crippen LogP contribution in [0.1, 0.15) is 41.1 Å². The minimum atomic E-state index is -0.482. The normalized spacial score (nSPS) is 15.4. The van der Waals surface area contributed by atoms with Crippen LogP contribution in [0.4, 0.5) is 5.00 Å². The van der Waals surface area contributed by atoms with Crippen LogP contribution in [0.2, 0.25) is 0 Å². The second-order valence-electron chi connectivity index (χ2n) is 7.81. The van der Waals surface area contributed by atoms with E-state index in [1.165, 1.54) is 23.1 Å². The highest BCUT2D eigenvalue weighted by atomic mass is 79.9. The third-order valence-electron chi connectivity index (χ3n) is 5.48. The number of thioether (sulfide) groups is 1. The number of hydrogen-bond acceptors (Lipinski definition) is 6. The Balaban J connectivity index is 1.47. The summed E-state index contributed by atoms with van der Waals surface area (Å²) in [4.78, 5) is 26.0. The second-order valence-corrected chi connectivity index (χ2v) is 10.8. The topological polar surface area (TPSA) is 103 Å². The number of anilines is 1. The second kappa shape index (κ2) is 9.76. The predicted molar refractivity (Wildman–Crippen MR) is 132 cm³/mol. The summed E-state index contributed by atoms with van der Waals surface area (Å²) >= 11 is 6.24. The number of amides is 2. The third kappa shape index (κ3) is 4.77. The molecular formula is C22H24BrN5O2S2. The molecule has 3 aromatic rings. The summed E-state index contributed by atoms with van der Waals surface area (Å²) in [5, 5.41) is 12.8. The largest absolute Gasteiger partial charge is 0.365 e. The number of hydrogen-bond donors (Lipinski definition) is 2. The summed E-state index contributed by atoms with van der Waals surface area (Å²) in [5.74, 6) is 0.820. The summed E-state index contributed by atoms with van der Waals surface area (Å²) in [7, 11) is 0. The summed E-state index contributed by atoms with van der Waals surface area (Å²) in [6.45, 7) is 4.91. The first-order chi connectivity index (χ1) is 15.4. The SMILES string of the molecule is CCn1c(SCC(=O)Nc2sc3c(c2C(N)=O)CCC(C)C3)nnc1-c1ccc(Br)cc1. The summed E-state index contributed by atoms with van der Waals surface area (Å²) in [5.41, 5.74) is 8.10. The van der Waals surface area contributed by atoms with E-state index in [2.05, 4.69) is 38.4 Å². The molecule has 7 nitrogen and oxygen atoms in total. The molecule has 10 heteroatoms. The van der Waals surface area contributed by atoms with Crippen LogP contribution >= 0.6 is 39.0 Å². The van der Waals surface area contributed by atoms with Gasteiger partial charge in [0, 0.05) is 21.5 Å². The van der Waals surface area contributed by atoms with E-state index in [0.29, 0.717) is 28.2 Å². The van der Waals surface area contributed by atoms with Gasteiger partial charge in [-0.1, -0.05) is 46.7 Å². The zero-order valence-electron chi connectivity index (χ0n) is 17.9. The highest BCUT2D eigenvalue weighted by Gasteiger charge is 2.27. The first-order valence-corrected chi connectivity index (χ1v) is 13.0. The monoisotopic (exact) mass is 533 g/mol. The molecule has 1 unspecified atom stereocenters. The van der Waals surface area contributed by atoms with Gasteiger partial charge in [0.1, 0.15) is 5.00 Å². The summed E-state index contributed by atoms with van der Waals surface area (Å²) in [6, 6.07) is 7.88. The number of aromatic nitrogens is 3. The zero-order valence-corrected chi connectivity index (χ0v) is 21.1. The van der Waals surface area contributed by atoms with Gasteiger partial charge in [0.2, 0.25) is 5.91 Å². The molecule has 0 radical (unpaired) electrons. The van der Waals surface area contributed by atoms with E-state index >= 15 is 0 Å². The van der Waals surface area contributed by atoms with Gasteiger partial charge in [0.25, 0.3) is 5.91 Å². The molecule has 1 aliphatic rings. The number of fused-ring (bicyclic) bond motifs is 1. The lowest BCUT2D eigenvalue weighted by atomic mass is 9.88. The lowest BCUT2D eigenvalue weighted by Crippen LogP contribution is -2.20. The molecule has 1 aromatic carbocycles. The molecule has 168 valence electrons. The Hall–Kier alpha value is -2.17. The van der Waals surface area contributed by atoms with Crippen LogP contribution in [-0.4, -0.2) is 32.3 Å². The molecule has 1 aliphatic carbocycles. The first kappa shape index (κ1) is 23.0. The van der Waals surface area contributed by atoms with E-state index in [0.717, 1.165) is 45.6 Å². The molecule has 0 bridgehead atoms. The molecular weight excluding hydrogens is 510 g/mol. The fourth-order valence-corrected chi connectivity index (χ4v) is 6.38. The number of thiophene rings is 1. The number of halogens is 1. The lowest BCUT2D eigenvalue weighted by molar-refractivity contribution is -0.113. The van der Waals surface area contributed by atoms with Crippen LogP contribution < -0.4 is 11.1 Å². The lowest BCUT2D eigenvalue weighted by Gasteiger charge is -2.18. The van der Waals surface area contributed by atoms with E-state index in [1.54, 1.807) is 0 Å². The van der Waals surface area contributed by atoms with Gasteiger partial charge in [-0.05, 0) is 49.8 Å². The van der Waals surface area contributed by atoms with Crippen molar-refractivity contribution in [2.75, 3.05) is 11.1 Å². The number of nitrogens with one attached hydrogen (secondary N) is 1. The van der Waals surface area contributed by atoms with E-state index in [9.17, 15) is 9.59 Å². The molecule has 32 heavy (non-hydrogen) atoms. The van der Waals surface area contributed by atoms with Crippen LogP contribution in [-0.2, 0) is 24.2 Å². The van der Waals surface area contributed by atoms with Crippen molar-refractivity contribution in [2.45, 2.75) is 44.8 Å². The third-order valence-corrected chi connectivity index (χ3v) is 8.14. The van der Waals surface area contributed by atoms with Crippen molar-refractivity contribution in [3.8, 4) is 11.4 Å². The first-order valence-electron chi connectivity index (χ1n) is 10.4. The molecule has 0 fully saturated rings. The number of nitrogens with two attached hydrogens (primary N) is 1. The number of benzene rings is 1. The van der Waals surface area contributed by atoms with E-state index in [-0.39, 0.29) is 11.7 Å². The van der Waals surface area contributed by atoms with E-state index in [1.807, 2.05) is 35.8 Å². The Bertz CT molecular complexity index is 1160. The molecule has 0 saturated carbocycles. The number of nitrogens with zero attached hydrogens (tertiary/aromatic N) is 3. The van der Waals surface area contributed by atoms with Crippen LogP contribution in [0.25, 0.3) is 11.4 Å². The van der Waals surface area contributed by atoms with Gasteiger partial charge >= 0.3 is 0 Å². The van der Waals surface area contributed by atoms with Crippen LogP contribution in [0, 0.1) is 5.92 Å². The van der Waals surface area contributed by atoms with Crippen molar-refractivity contribution in [2.24, 2.45) is 11.7 Å². The molecule has 0 saturated heterocycles. The fraction of sp³-hybridized carbons (Fsp3) is 0.364. The maximum absolute atomic E-state index is 12.7. The quantitative estimate of drug-likeness (QED) is 0.426. The molecule has 4 rings (SSSR count). The van der Waals surface area contributed by atoms with Gasteiger partial charge in [0.15, 0.2) is 11.0 Å². The van der Waals surface area contributed by atoms with Gasteiger partial charge < -0.3 is 15.6 Å². The van der Waals surface area contributed by atoms with Crippen molar-refractivity contribution in [3.63, 3.8) is 0 Å². The fourth-order valence-electron chi connectivity index (χ4n) is 3.89. The van der Waals surface area contributed by atoms with Gasteiger partial charge in [0.05, 0.1) is 11.3 Å². The number of primary amides is 1. The maximum atomic E-state index is 12.7. The molecule has 2 heterocycles. The van der Waals surface area contributed by atoms with Crippen LogP contribution in [0.3, 0.4) is 0 Å². The minimum Gasteiger partial charge on any atom is -0.365 e. The van der Waals surface area contributed by atoms with E-state index < -0.39 is 5.91 Å². The van der Waals surface area contributed by atoms with Crippen LogP contribution in [0.15, 0.2) is 33.9 Å². The van der Waals surface area contributed by atoms with Gasteiger partial charge in [-0.15, -0.1) is 21.5 Å². The molecule has 2 amide bonds. The standard InChI is InChI=1S/C22H24BrN5O2S2/c1-3-28-20(13-5-7-14(23)8-6-13)26-27-22(28)31-11-17(29)25-21-18(19(24)30)15-9-4-12(2)10-16(15)32-21/h5-8,12H,3-4,9-11H2,1-2H3,(H2,24,30)(H,25,29).